The number of hydrogen-bond acceptors (Lipinski definition) is 4. The monoisotopic (exact) mass is 270 g/mol. The van der Waals surface area contributed by atoms with E-state index < -0.39 is 0 Å². The molecule has 0 amide bonds. The van der Waals surface area contributed by atoms with Crippen LogP contribution in [0, 0.1) is 18.3 Å². The van der Waals surface area contributed by atoms with Gasteiger partial charge in [-0.3, -0.25) is 4.57 Å². The van der Waals surface area contributed by atoms with E-state index in [4.69, 9.17) is 10.00 Å². The molecule has 2 aromatic rings. The maximum atomic E-state index is 9.03. The summed E-state index contributed by atoms with van der Waals surface area (Å²) in [5.74, 6) is 0.402. The van der Waals surface area contributed by atoms with E-state index in [0.717, 1.165) is 24.3 Å². The van der Waals surface area contributed by atoms with Crippen molar-refractivity contribution in [1.82, 2.24) is 14.9 Å². The molecule has 1 N–H and O–H groups in total. The second-order valence-corrected chi connectivity index (χ2v) is 4.52. The molecule has 0 aliphatic heterocycles. The van der Waals surface area contributed by atoms with Gasteiger partial charge in [0.1, 0.15) is 6.07 Å². The summed E-state index contributed by atoms with van der Waals surface area (Å²) in [4.78, 5) is 4.02. The number of benzene rings is 1. The Kier molecular flexibility index (Phi) is 4.88. The van der Waals surface area contributed by atoms with E-state index in [9.17, 15) is 0 Å². The van der Waals surface area contributed by atoms with Crippen molar-refractivity contribution in [3.8, 4) is 11.8 Å². The van der Waals surface area contributed by atoms with Crippen LogP contribution in [-0.2, 0) is 11.3 Å². The van der Waals surface area contributed by atoms with Crippen molar-refractivity contribution in [2.75, 3.05) is 20.3 Å². The number of nitrogens with zero attached hydrogens (tertiary/aromatic N) is 3. The average Bonchev–Trinajstić information content (AvgIpc) is 2.92. The highest BCUT2D eigenvalue weighted by molar-refractivity contribution is 5.45. The van der Waals surface area contributed by atoms with Crippen LogP contribution in [0.3, 0.4) is 0 Å². The Labute approximate surface area is 118 Å². The summed E-state index contributed by atoms with van der Waals surface area (Å²) in [5.41, 5.74) is 3.31. The SMILES string of the molecule is COCCNCc1ccc(-n2ccnc2C#N)c(C)c1. The molecule has 0 radical (unpaired) electrons. The van der Waals surface area contributed by atoms with Crippen LogP contribution in [0.25, 0.3) is 5.69 Å². The maximum Gasteiger partial charge on any atom is 0.217 e. The summed E-state index contributed by atoms with van der Waals surface area (Å²) in [6.07, 6.45) is 3.44. The largest absolute Gasteiger partial charge is 0.383 e. The van der Waals surface area contributed by atoms with Gasteiger partial charge in [0.05, 0.1) is 12.3 Å². The van der Waals surface area contributed by atoms with Gasteiger partial charge in [-0.1, -0.05) is 12.1 Å². The van der Waals surface area contributed by atoms with Gasteiger partial charge in [0.2, 0.25) is 5.82 Å². The van der Waals surface area contributed by atoms with E-state index >= 15 is 0 Å². The second kappa shape index (κ2) is 6.85. The number of methoxy groups -OCH3 is 1. The molecular weight excluding hydrogens is 252 g/mol. The fourth-order valence-electron chi connectivity index (χ4n) is 2.09. The lowest BCUT2D eigenvalue weighted by atomic mass is 10.1. The summed E-state index contributed by atoms with van der Waals surface area (Å²) < 4.78 is 6.80. The predicted molar refractivity (Wildman–Crippen MR) is 76.6 cm³/mol. The number of imidazole rings is 1. The summed E-state index contributed by atoms with van der Waals surface area (Å²) in [5, 5.41) is 12.3. The molecule has 5 nitrogen and oxygen atoms in total. The number of aromatic nitrogens is 2. The standard InChI is InChI=1S/C15H18N4O/c1-12-9-13(11-17-6-8-20-2)3-4-14(12)19-7-5-18-15(19)10-16/h3-5,7,9,17H,6,8,11H2,1-2H3. The zero-order valence-electron chi connectivity index (χ0n) is 11.8. The van der Waals surface area contributed by atoms with E-state index in [1.54, 1.807) is 24.1 Å². The number of nitriles is 1. The number of hydrogen-bond donors (Lipinski definition) is 1. The lowest BCUT2D eigenvalue weighted by molar-refractivity contribution is 0.199. The van der Waals surface area contributed by atoms with Crippen molar-refractivity contribution < 1.29 is 4.74 Å². The van der Waals surface area contributed by atoms with Crippen molar-refractivity contribution in [3.05, 3.63) is 47.5 Å². The second-order valence-electron chi connectivity index (χ2n) is 4.52. The van der Waals surface area contributed by atoms with Crippen LogP contribution in [0.15, 0.2) is 30.6 Å². The predicted octanol–water partition coefficient (Wildman–Crippen LogP) is 1.79. The Morgan fingerprint density at radius 1 is 1.45 bits per heavy atom. The first kappa shape index (κ1) is 14.3. The van der Waals surface area contributed by atoms with E-state index in [1.165, 1.54) is 5.56 Å². The van der Waals surface area contributed by atoms with E-state index in [-0.39, 0.29) is 0 Å². The van der Waals surface area contributed by atoms with Crippen LogP contribution in [0.2, 0.25) is 0 Å². The third-order valence-corrected chi connectivity index (χ3v) is 3.07. The maximum absolute atomic E-state index is 9.03. The third-order valence-electron chi connectivity index (χ3n) is 3.07. The molecule has 1 heterocycles. The molecule has 104 valence electrons. The first-order chi connectivity index (χ1) is 9.76. The number of rotatable bonds is 6. The molecule has 0 aliphatic carbocycles. The van der Waals surface area contributed by atoms with Gasteiger partial charge in [0.15, 0.2) is 0 Å². The molecule has 1 aromatic carbocycles. The van der Waals surface area contributed by atoms with Crippen molar-refractivity contribution >= 4 is 0 Å². The Balaban J connectivity index is 2.12. The number of nitrogens with one attached hydrogen (secondary N) is 1. The lowest BCUT2D eigenvalue weighted by Crippen LogP contribution is -2.18. The molecule has 0 unspecified atom stereocenters. The van der Waals surface area contributed by atoms with E-state index in [0.29, 0.717) is 12.4 Å². The summed E-state index contributed by atoms with van der Waals surface area (Å²) in [7, 11) is 1.69. The van der Waals surface area contributed by atoms with Crippen LogP contribution in [0.5, 0.6) is 0 Å². The van der Waals surface area contributed by atoms with Gasteiger partial charge in [0.25, 0.3) is 0 Å². The molecule has 0 saturated heterocycles. The van der Waals surface area contributed by atoms with Gasteiger partial charge in [0, 0.05) is 32.6 Å². The van der Waals surface area contributed by atoms with Crippen LogP contribution in [0.1, 0.15) is 17.0 Å². The number of ether oxygens (including phenoxy) is 1. The fourth-order valence-corrected chi connectivity index (χ4v) is 2.09. The lowest BCUT2D eigenvalue weighted by Gasteiger charge is -2.10. The van der Waals surface area contributed by atoms with Crippen molar-refractivity contribution in [2.24, 2.45) is 0 Å². The zero-order valence-corrected chi connectivity index (χ0v) is 11.8. The average molecular weight is 270 g/mol. The molecule has 0 aliphatic rings. The van der Waals surface area contributed by atoms with Crippen molar-refractivity contribution in [1.29, 1.82) is 5.26 Å². The molecule has 1 aromatic heterocycles. The van der Waals surface area contributed by atoms with Gasteiger partial charge in [-0.15, -0.1) is 0 Å². The Morgan fingerprint density at radius 2 is 2.30 bits per heavy atom. The summed E-state index contributed by atoms with van der Waals surface area (Å²) in [6, 6.07) is 8.29. The summed E-state index contributed by atoms with van der Waals surface area (Å²) in [6.45, 7) is 4.38. The van der Waals surface area contributed by atoms with Gasteiger partial charge in [-0.2, -0.15) is 5.26 Å². The van der Waals surface area contributed by atoms with E-state index in [2.05, 4.69) is 28.5 Å². The van der Waals surface area contributed by atoms with Crippen LogP contribution in [-0.4, -0.2) is 29.8 Å². The van der Waals surface area contributed by atoms with Crippen molar-refractivity contribution in [2.45, 2.75) is 13.5 Å². The molecule has 0 bridgehead atoms. The first-order valence-corrected chi connectivity index (χ1v) is 6.49. The van der Waals surface area contributed by atoms with Gasteiger partial charge < -0.3 is 10.1 Å². The Morgan fingerprint density at radius 3 is 3.00 bits per heavy atom. The van der Waals surface area contributed by atoms with Gasteiger partial charge in [-0.05, 0) is 24.1 Å². The topological polar surface area (TPSA) is 62.9 Å². The highest BCUT2D eigenvalue weighted by Crippen LogP contribution is 2.17. The van der Waals surface area contributed by atoms with Gasteiger partial charge >= 0.3 is 0 Å². The van der Waals surface area contributed by atoms with Crippen LogP contribution >= 0.6 is 0 Å². The fraction of sp³-hybridized carbons (Fsp3) is 0.333. The normalized spacial score (nSPS) is 10.4. The number of aryl methyl sites for hydroxylation is 1. The van der Waals surface area contributed by atoms with Crippen molar-refractivity contribution in [3.63, 3.8) is 0 Å². The highest BCUT2D eigenvalue weighted by atomic mass is 16.5. The highest BCUT2D eigenvalue weighted by Gasteiger charge is 2.07. The minimum atomic E-state index is 0.402. The minimum Gasteiger partial charge on any atom is -0.383 e. The molecule has 2 rings (SSSR count). The molecular formula is C15H18N4O. The van der Waals surface area contributed by atoms with Crippen LogP contribution in [0.4, 0.5) is 0 Å². The Hall–Kier alpha value is -2.16. The molecule has 0 saturated carbocycles. The summed E-state index contributed by atoms with van der Waals surface area (Å²) >= 11 is 0. The van der Waals surface area contributed by atoms with E-state index in [1.807, 2.05) is 13.0 Å². The first-order valence-electron chi connectivity index (χ1n) is 6.49. The Bertz CT molecular complexity index is 613. The smallest absolute Gasteiger partial charge is 0.217 e. The molecule has 0 atom stereocenters. The quantitative estimate of drug-likeness (QED) is 0.813. The molecule has 5 heteroatoms. The molecule has 0 spiro atoms. The zero-order chi connectivity index (χ0) is 14.4. The molecule has 0 fully saturated rings. The molecule has 20 heavy (non-hydrogen) atoms. The third kappa shape index (κ3) is 3.23. The van der Waals surface area contributed by atoms with Gasteiger partial charge in [-0.25, -0.2) is 4.98 Å². The minimum absolute atomic E-state index is 0.402. The van der Waals surface area contributed by atoms with Crippen LogP contribution < -0.4 is 5.32 Å².